The summed E-state index contributed by atoms with van der Waals surface area (Å²) < 4.78 is 10.6. The molecule has 3 heteroatoms. The highest BCUT2D eigenvalue weighted by Crippen LogP contribution is 2.29. The van der Waals surface area contributed by atoms with Crippen molar-refractivity contribution in [2.45, 2.75) is 6.92 Å². The van der Waals surface area contributed by atoms with Crippen LogP contribution in [0.15, 0.2) is 36.5 Å². The van der Waals surface area contributed by atoms with Crippen molar-refractivity contribution < 1.29 is 9.47 Å². The van der Waals surface area contributed by atoms with Crippen LogP contribution in [0.25, 0.3) is 11.1 Å². The van der Waals surface area contributed by atoms with E-state index in [4.69, 9.17) is 9.47 Å². The van der Waals surface area contributed by atoms with Gasteiger partial charge in [-0.1, -0.05) is 6.07 Å². The van der Waals surface area contributed by atoms with Gasteiger partial charge in [0.15, 0.2) is 0 Å². The van der Waals surface area contributed by atoms with E-state index in [1.54, 1.807) is 13.3 Å². The van der Waals surface area contributed by atoms with E-state index in [0.29, 0.717) is 12.5 Å². The van der Waals surface area contributed by atoms with Crippen LogP contribution in [0.5, 0.6) is 11.6 Å². The maximum absolute atomic E-state index is 5.56. The number of nitrogens with zero attached hydrogens (tertiary/aromatic N) is 1. The van der Waals surface area contributed by atoms with Crippen LogP contribution in [0.4, 0.5) is 0 Å². The molecule has 0 bridgehead atoms. The lowest BCUT2D eigenvalue weighted by Gasteiger charge is -2.09. The summed E-state index contributed by atoms with van der Waals surface area (Å²) in [6.07, 6.45) is 1.77. The highest BCUT2D eigenvalue weighted by molar-refractivity contribution is 5.69. The molecule has 2 rings (SSSR count). The second-order valence-corrected chi connectivity index (χ2v) is 3.44. The topological polar surface area (TPSA) is 31.4 Å². The van der Waals surface area contributed by atoms with Gasteiger partial charge in [-0.05, 0) is 31.2 Å². The maximum Gasteiger partial charge on any atom is 0.212 e. The highest BCUT2D eigenvalue weighted by atomic mass is 16.5. The van der Waals surface area contributed by atoms with E-state index >= 15 is 0 Å². The van der Waals surface area contributed by atoms with Gasteiger partial charge >= 0.3 is 0 Å². The van der Waals surface area contributed by atoms with Crippen molar-refractivity contribution in [2.75, 3.05) is 13.7 Å². The minimum Gasteiger partial charge on any atom is -0.493 e. The Morgan fingerprint density at radius 2 is 2.18 bits per heavy atom. The van der Waals surface area contributed by atoms with E-state index < -0.39 is 0 Å². The van der Waals surface area contributed by atoms with Crippen molar-refractivity contribution in [3.63, 3.8) is 0 Å². The lowest BCUT2D eigenvalue weighted by molar-refractivity contribution is 0.341. The molecule has 0 aliphatic carbocycles. The van der Waals surface area contributed by atoms with Gasteiger partial charge in [-0.25, -0.2) is 4.98 Å². The van der Waals surface area contributed by atoms with Crippen molar-refractivity contribution in [3.8, 4) is 22.8 Å². The van der Waals surface area contributed by atoms with E-state index in [2.05, 4.69) is 11.1 Å². The molecule has 2 aromatic rings. The van der Waals surface area contributed by atoms with Gasteiger partial charge in [0.05, 0.1) is 13.7 Å². The Kier molecular flexibility index (Phi) is 3.60. The summed E-state index contributed by atoms with van der Waals surface area (Å²) in [5.41, 5.74) is 2.02. The summed E-state index contributed by atoms with van der Waals surface area (Å²) in [4.78, 5) is 4.19. The minimum absolute atomic E-state index is 0.606. The standard InChI is InChI=1S/C14H14NO2/c1-3-17-13-7-5-4-6-12(13)11-8-9-14(16-2)15-10-11/h4,6-10H,3H2,1-2H3. The molecule has 1 radical (unpaired) electrons. The van der Waals surface area contributed by atoms with Crippen LogP contribution in [0.2, 0.25) is 0 Å². The molecule has 0 saturated heterocycles. The molecule has 1 aromatic carbocycles. The van der Waals surface area contributed by atoms with Crippen molar-refractivity contribution in [3.05, 3.63) is 42.6 Å². The molecule has 17 heavy (non-hydrogen) atoms. The second-order valence-electron chi connectivity index (χ2n) is 3.44. The quantitative estimate of drug-likeness (QED) is 0.806. The van der Waals surface area contributed by atoms with Crippen molar-refractivity contribution in [1.29, 1.82) is 0 Å². The Balaban J connectivity index is 2.37. The molecule has 0 unspecified atom stereocenters. The van der Waals surface area contributed by atoms with Crippen LogP contribution < -0.4 is 9.47 Å². The van der Waals surface area contributed by atoms with Crippen LogP contribution in [-0.2, 0) is 0 Å². The number of ether oxygens (including phenoxy) is 2. The van der Waals surface area contributed by atoms with Crippen LogP contribution in [0.3, 0.4) is 0 Å². The average Bonchev–Trinajstić information content (AvgIpc) is 2.40. The predicted octanol–water partition coefficient (Wildman–Crippen LogP) is 2.96. The first-order chi connectivity index (χ1) is 8.35. The molecular formula is C14H14NO2. The molecule has 0 fully saturated rings. The van der Waals surface area contributed by atoms with E-state index in [0.717, 1.165) is 16.9 Å². The molecule has 0 amide bonds. The first-order valence-electron chi connectivity index (χ1n) is 5.48. The normalized spacial score (nSPS) is 10.0. The molecule has 0 aliphatic rings. The SMILES string of the molecule is CCOc1c[c]ccc1-c1ccc(OC)nc1. The highest BCUT2D eigenvalue weighted by Gasteiger charge is 2.05. The third-order valence-corrected chi connectivity index (χ3v) is 2.38. The average molecular weight is 228 g/mol. The molecule has 1 heterocycles. The Hall–Kier alpha value is -2.03. The Bertz CT molecular complexity index is 480. The fourth-order valence-corrected chi connectivity index (χ4v) is 1.59. The zero-order valence-corrected chi connectivity index (χ0v) is 9.93. The summed E-state index contributed by atoms with van der Waals surface area (Å²) in [6, 6.07) is 12.5. The summed E-state index contributed by atoms with van der Waals surface area (Å²) in [6.45, 7) is 2.59. The Labute approximate surface area is 101 Å². The molecule has 0 N–H and O–H groups in total. The van der Waals surface area contributed by atoms with Crippen LogP contribution in [-0.4, -0.2) is 18.7 Å². The van der Waals surface area contributed by atoms with E-state index in [1.165, 1.54) is 0 Å². The number of rotatable bonds is 4. The van der Waals surface area contributed by atoms with E-state index in [1.807, 2.05) is 37.3 Å². The van der Waals surface area contributed by atoms with Crippen molar-refractivity contribution in [1.82, 2.24) is 4.98 Å². The lowest BCUT2D eigenvalue weighted by Crippen LogP contribution is -1.94. The van der Waals surface area contributed by atoms with Gasteiger partial charge in [-0.3, -0.25) is 0 Å². The van der Waals surface area contributed by atoms with Crippen LogP contribution >= 0.6 is 0 Å². The van der Waals surface area contributed by atoms with Crippen molar-refractivity contribution in [2.24, 2.45) is 0 Å². The zero-order chi connectivity index (χ0) is 12.1. The third kappa shape index (κ3) is 2.56. The van der Waals surface area contributed by atoms with Gasteiger partial charge < -0.3 is 9.47 Å². The fraction of sp³-hybridized carbons (Fsp3) is 0.214. The Morgan fingerprint density at radius 3 is 2.82 bits per heavy atom. The van der Waals surface area contributed by atoms with E-state index in [-0.39, 0.29) is 0 Å². The summed E-state index contributed by atoms with van der Waals surface area (Å²) in [5, 5.41) is 0. The van der Waals surface area contributed by atoms with Crippen LogP contribution in [0.1, 0.15) is 6.92 Å². The molecule has 0 atom stereocenters. The van der Waals surface area contributed by atoms with Gasteiger partial charge in [-0.15, -0.1) is 0 Å². The monoisotopic (exact) mass is 228 g/mol. The number of pyridine rings is 1. The first-order valence-corrected chi connectivity index (χ1v) is 5.48. The number of benzene rings is 1. The van der Waals surface area contributed by atoms with Gasteiger partial charge in [-0.2, -0.15) is 0 Å². The van der Waals surface area contributed by atoms with Gasteiger partial charge in [0, 0.05) is 23.4 Å². The summed E-state index contributed by atoms with van der Waals surface area (Å²) >= 11 is 0. The van der Waals surface area contributed by atoms with Gasteiger partial charge in [0.2, 0.25) is 5.88 Å². The number of methoxy groups -OCH3 is 1. The molecule has 0 spiro atoms. The molecule has 0 saturated carbocycles. The molecule has 3 nitrogen and oxygen atoms in total. The van der Waals surface area contributed by atoms with E-state index in [9.17, 15) is 0 Å². The molecule has 1 aromatic heterocycles. The predicted molar refractivity (Wildman–Crippen MR) is 66.2 cm³/mol. The lowest BCUT2D eigenvalue weighted by atomic mass is 10.1. The summed E-state index contributed by atoms with van der Waals surface area (Å²) in [5.74, 6) is 1.43. The van der Waals surface area contributed by atoms with Crippen molar-refractivity contribution >= 4 is 0 Å². The Morgan fingerprint density at radius 1 is 1.29 bits per heavy atom. The number of aromatic nitrogens is 1. The zero-order valence-electron chi connectivity index (χ0n) is 9.93. The molecule has 0 aliphatic heterocycles. The third-order valence-electron chi connectivity index (χ3n) is 2.38. The molecular weight excluding hydrogens is 214 g/mol. The van der Waals surface area contributed by atoms with Gasteiger partial charge in [0.1, 0.15) is 5.75 Å². The fourth-order valence-electron chi connectivity index (χ4n) is 1.59. The molecule has 87 valence electrons. The summed E-state index contributed by atoms with van der Waals surface area (Å²) in [7, 11) is 1.60. The van der Waals surface area contributed by atoms with Crippen LogP contribution in [0, 0.1) is 6.07 Å². The first kappa shape index (κ1) is 11.5. The van der Waals surface area contributed by atoms with Gasteiger partial charge in [0.25, 0.3) is 0 Å². The minimum atomic E-state index is 0.606. The second kappa shape index (κ2) is 5.34. The largest absolute Gasteiger partial charge is 0.493 e. The smallest absolute Gasteiger partial charge is 0.212 e. The maximum atomic E-state index is 5.56. The number of hydrogen-bond donors (Lipinski definition) is 0. The number of hydrogen-bond acceptors (Lipinski definition) is 3.